The van der Waals surface area contributed by atoms with Crippen LogP contribution < -0.4 is 5.32 Å². The van der Waals surface area contributed by atoms with Gasteiger partial charge in [-0.05, 0) is 6.92 Å². The highest BCUT2D eigenvalue weighted by Gasteiger charge is 2.15. The van der Waals surface area contributed by atoms with Crippen molar-refractivity contribution in [3.05, 3.63) is 17.5 Å². The number of amides is 1. The van der Waals surface area contributed by atoms with Crippen molar-refractivity contribution in [2.45, 2.75) is 6.92 Å². The number of methoxy groups -OCH3 is 1. The van der Waals surface area contributed by atoms with Crippen molar-refractivity contribution in [3.63, 3.8) is 0 Å². The number of carbonyl (C=O) groups excluding carboxylic acids is 2. The van der Waals surface area contributed by atoms with Crippen LogP contribution in [-0.2, 0) is 21.3 Å². The average molecular weight is 255 g/mol. The molecule has 100 valence electrons. The minimum atomic E-state index is -0.553. The standard InChI is InChI=1S/C11H17N3O4/c1-8-9(6-13-14(8)2)11(16)18-7-10(15)12-4-5-17-3/h6H,4-5,7H2,1-3H3,(H,12,15). The fourth-order valence-electron chi connectivity index (χ4n) is 1.25. The highest BCUT2D eigenvalue weighted by atomic mass is 16.5. The van der Waals surface area contributed by atoms with Crippen LogP contribution in [0.15, 0.2) is 6.20 Å². The number of hydrogen-bond acceptors (Lipinski definition) is 5. The minimum absolute atomic E-state index is 0.309. The van der Waals surface area contributed by atoms with Crippen molar-refractivity contribution in [3.8, 4) is 0 Å². The number of aromatic nitrogens is 2. The maximum atomic E-state index is 11.6. The molecule has 0 radical (unpaired) electrons. The Kier molecular flexibility index (Phi) is 5.31. The van der Waals surface area contributed by atoms with Gasteiger partial charge in [-0.1, -0.05) is 0 Å². The zero-order chi connectivity index (χ0) is 13.5. The molecule has 0 fully saturated rings. The molecule has 7 heteroatoms. The van der Waals surface area contributed by atoms with Gasteiger partial charge in [0.05, 0.1) is 12.8 Å². The van der Waals surface area contributed by atoms with Gasteiger partial charge in [0, 0.05) is 26.4 Å². The van der Waals surface area contributed by atoms with Crippen molar-refractivity contribution >= 4 is 11.9 Å². The minimum Gasteiger partial charge on any atom is -0.452 e. The number of rotatable bonds is 6. The van der Waals surface area contributed by atoms with E-state index in [0.717, 1.165) is 0 Å². The van der Waals surface area contributed by atoms with Crippen molar-refractivity contribution in [2.75, 3.05) is 26.9 Å². The van der Waals surface area contributed by atoms with E-state index in [9.17, 15) is 9.59 Å². The first kappa shape index (κ1) is 14.2. The van der Waals surface area contributed by atoms with Gasteiger partial charge in [0.2, 0.25) is 0 Å². The molecule has 0 aliphatic carbocycles. The van der Waals surface area contributed by atoms with Gasteiger partial charge in [-0.3, -0.25) is 9.48 Å². The summed E-state index contributed by atoms with van der Waals surface area (Å²) < 4.78 is 11.2. The van der Waals surface area contributed by atoms with E-state index in [1.165, 1.54) is 13.3 Å². The van der Waals surface area contributed by atoms with E-state index in [-0.39, 0.29) is 12.5 Å². The third-order valence-electron chi connectivity index (χ3n) is 2.42. The van der Waals surface area contributed by atoms with Crippen LogP contribution in [0.25, 0.3) is 0 Å². The third kappa shape index (κ3) is 3.85. The Balaban J connectivity index is 2.37. The van der Waals surface area contributed by atoms with Crippen LogP contribution in [0.5, 0.6) is 0 Å². The molecule has 1 aromatic rings. The molecule has 0 saturated carbocycles. The summed E-state index contributed by atoms with van der Waals surface area (Å²) in [6, 6.07) is 0. The molecule has 0 saturated heterocycles. The lowest BCUT2D eigenvalue weighted by molar-refractivity contribution is -0.124. The molecule has 7 nitrogen and oxygen atoms in total. The molecule has 0 unspecified atom stereocenters. The van der Waals surface area contributed by atoms with Gasteiger partial charge >= 0.3 is 5.97 Å². The molecule has 1 aromatic heterocycles. The van der Waals surface area contributed by atoms with Crippen LogP contribution >= 0.6 is 0 Å². The number of esters is 1. The number of carbonyl (C=O) groups is 2. The Morgan fingerprint density at radius 3 is 2.78 bits per heavy atom. The van der Waals surface area contributed by atoms with Gasteiger partial charge in [0.25, 0.3) is 5.91 Å². The Hall–Kier alpha value is -1.89. The molecule has 1 rings (SSSR count). The summed E-state index contributed by atoms with van der Waals surface area (Å²) in [5.74, 6) is -0.913. The molecule has 1 amide bonds. The van der Waals surface area contributed by atoms with E-state index in [1.807, 2.05) is 0 Å². The van der Waals surface area contributed by atoms with Gasteiger partial charge in [-0.15, -0.1) is 0 Å². The van der Waals surface area contributed by atoms with Gasteiger partial charge < -0.3 is 14.8 Å². The SMILES string of the molecule is COCCNC(=O)COC(=O)c1cnn(C)c1C. The molecule has 0 spiro atoms. The maximum absolute atomic E-state index is 11.6. The van der Waals surface area contributed by atoms with Gasteiger partial charge in [-0.25, -0.2) is 4.79 Å². The molecule has 1 heterocycles. The first-order chi connectivity index (χ1) is 8.56. The first-order valence-corrected chi connectivity index (χ1v) is 5.47. The lowest BCUT2D eigenvalue weighted by Crippen LogP contribution is -2.31. The van der Waals surface area contributed by atoms with Crippen molar-refractivity contribution in [1.82, 2.24) is 15.1 Å². The Morgan fingerprint density at radius 2 is 2.22 bits per heavy atom. The summed E-state index contributed by atoms with van der Waals surface area (Å²) in [5.41, 5.74) is 1.06. The fraction of sp³-hybridized carbons (Fsp3) is 0.545. The average Bonchev–Trinajstić information content (AvgIpc) is 2.67. The van der Waals surface area contributed by atoms with Gasteiger partial charge in [0.1, 0.15) is 5.56 Å². The normalized spacial score (nSPS) is 10.2. The highest BCUT2D eigenvalue weighted by molar-refractivity contribution is 5.92. The lowest BCUT2D eigenvalue weighted by Gasteiger charge is -2.05. The molecule has 18 heavy (non-hydrogen) atoms. The summed E-state index contributed by atoms with van der Waals surface area (Å²) in [6.45, 7) is 2.25. The van der Waals surface area contributed by atoms with Crippen LogP contribution in [0.2, 0.25) is 0 Å². The molecular formula is C11H17N3O4. The Bertz CT molecular complexity index is 428. The van der Waals surface area contributed by atoms with Crippen LogP contribution in [0.4, 0.5) is 0 Å². The van der Waals surface area contributed by atoms with E-state index in [4.69, 9.17) is 9.47 Å². The Labute approximate surface area is 105 Å². The molecule has 1 N–H and O–H groups in total. The van der Waals surface area contributed by atoms with Crippen LogP contribution in [0, 0.1) is 6.92 Å². The number of ether oxygens (including phenoxy) is 2. The topological polar surface area (TPSA) is 82.4 Å². The van der Waals surface area contributed by atoms with Gasteiger partial charge in [0.15, 0.2) is 6.61 Å². The largest absolute Gasteiger partial charge is 0.452 e. The van der Waals surface area contributed by atoms with E-state index in [0.29, 0.717) is 24.4 Å². The predicted molar refractivity (Wildman–Crippen MR) is 63.1 cm³/mol. The zero-order valence-corrected chi connectivity index (χ0v) is 10.7. The summed E-state index contributed by atoms with van der Waals surface area (Å²) in [4.78, 5) is 22.9. The Morgan fingerprint density at radius 1 is 1.50 bits per heavy atom. The maximum Gasteiger partial charge on any atom is 0.342 e. The van der Waals surface area contributed by atoms with Crippen molar-refractivity contribution in [1.29, 1.82) is 0 Å². The van der Waals surface area contributed by atoms with Crippen LogP contribution in [0.1, 0.15) is 16.1 Å². The third-order valence-corrected chi connectivity index (χ3v) is 2.42. The van der Waals surface area contributed by atoms with E-state index >= 15 is 0 Å². The van der Waals surface area contributed by atoms with Crippen LogP contribution in [0.3, 0.4) is 0 Å². The number of aryl methyl sites for hydroxylation is 1. The van der Waals surface area contributed by atoms with Gasteiger partial charge in [-0.2, -0.15) is 5.10 Å². The van der Waals surface area contributed by atoms with E-state index in [1.54, 1.807) is 18.7 Å². The fourth-order valence-corrected chi connectivity index (χ4v) is 1.25. The molecular weight excluding hydrogens is 238 g/mol. The van der Waals surface area contributed by atoms with E-state index < -0.39 is 5.97 Å². The number of nitrogens with zero attached hydrogens (tertiary/aromatic N) is 2. The summed E-state index contributed by atoms with van der Waals surface area (Å²) in [7, 11) is 3.26. The second-order valence-corrected chi connectivity index (χ2v) is 3.69. The first-order valence-electron chi connectivity index (χ1n) is 5.47. The quantitative estimate of drug-likeness (QED) is 0.555. The number of nitrogens with one attached hydrogen (secondary N) is 1. The monoisotopic (exact) mass is 255 g/mol. The summed E-state index contributed by atoms with van der Waals surface area (Å²) in [6.07, 6.45) is 1.42. The molecule has 0 atom stereocenters. The van der Waals surface area contributed by atoms with E-state index in [2.05, 4.69) is 10.4 Å². The number of hydrogen-bond donors (Lipinski definition) is 1. The van der Waals surface area contributed by atoms with Crippen molar-refractivity contribution in [2.24, 2.45) is 7.05 Å². The molecule has 0 aromatic carbocycles. The predicted octanol–water partition coefficient (Wildman–Crippen LogP) is -0.352. The second-order valence-electron chi connectivity index (χ2n) is 3.69. The molecule has 0 aliphatic rings. The van der Waals surface area contributed by atoms with Crippen molar-refractivity contribution < 1.29 is 19.1 Å². The summed E-state index contributed by atoms with van der Waals surface area (Å²) >= 11 is 0. The lowest BCUT2D eigenvalue weighted by atomic mass is 10.3. The summed E-state index contributed by atoms with van der Waals surface area (Å²) in [5, 5.41) is 6.47. The molecule has 0 bridgehead atoms. The zero-order valence-electron chi connectivity index (χ0n) is 10.7. The highest BCUT2D eigenvalue weighted by Crippen LogP contribution is 2.06. The smallest absolute Gasteiger partial charge is 0.342 e. The molecule has 0 aliphatic heterocycles. The van der Waals surface area contributed by atoms with Crippen LogP contribution in [-0.4, -0.2) is 48.5 Å². The second kappa shape index (κ2) is 6.75.